The molecule has 0 heterocycles. The van der Waals surface area contributed by atoms with Crippen LogP contribution in [0, 0.1) is 29.6 Å². The zero-order valence-corrected chi connectivity index (χ0v) is 18.9. The molecule has 0 N–H and O–H groups in total. The third kappa shape index (κ3) is 3.58. The monoisotopic (exact) mass is 338 g/mol. The fourth-order valence-electron chi connectivity index (χ4n) is 6.52. The van der Waals surface area contributed by atoms with Crippen LogP contribution >= 0.6 is 0 Å². The molecule has 0 bridgehead atoms. The Balaban J connectivity index is 2.08. The first-order chi connectivity index (χ1) is 9.95. The maximum Gasteiger partial charge on any atom is 0.0541 e. The lowest BCUT2D eigenvalue weighted by atomic mass is 9.92. The number of hydrogen-bond donors (Lipinski definition) is 0. The van der Waals surface area contributed by atoms with Crippen LogP contribution in [0.3, 0.4) is 0 Å². The Morgan fingerprint density at radius 1 is 0.727 bits per heavy atom. The zero-order chi connectivity index (χ0) is 16.9. The van der Waals surface area contributed by atoms with E-state index >= 15 is 0 Å². The van der Waals surface area contributed by atoms with E-state index in [0.717, 1.165) is 40.7 Å². The van der Waals surface area contributed by atoms with Gasteiger partial charge in [-0.1, -0.05) is 85.7 Å². The largest absolute Gasteiger partial charge is 0.0695 e. The van der Waals surface area contributed by atoms with Gasteiger partial charge in [-0.2, -0.15) is 0 Å². The van der Waals surface area contributed by atoms with Crippen LogP contribution in [0.5, 0.6) is 0 Å². The Morgan fingerprint density at radius 2 is 1.23 bits per heavy atom. The van der Waals surface area contributed by atoms with E-state index in [4.69, 9.17) is 0 Å². The van der Waals surface area contributed by atoms with Gasteiger partial charge in [0.05, 0.1) is 8.07 Å². The topological polar surface area (TPSA) is 0 Å². The maximum absolute atomic E-state index is 2.76. The van der Waals surface area contributed by atoms with Gasteiger partial charge < -0.3 is 0 Å². The second-order valence-corrected chi connectivity index (χ2v) is 21.6. The average molecular weight is 339 g/mol. The molecule has 2 aliphatic rings. The lowest BCUT2D eigenvalue weighted by Gasteiger charge is -2.41. The summed E-state index contributed by atoms with van der Waals surface area (Å²) in [5.74, 6) is 4.87. The van der Waals surface area contributed by atoms with E-state index in [1.807, 2.05) is 0 Å². The third-order valence-electron chi connectivity index (χ3n) is 7.97. The van der Waals surface area contributed by atoms with Crippen LogP contribution in [0.1, 0.15) is 47.0 Å². The number of hydrogen-bond acceptors (Lipinski definition) is 0. The van der Waals surface area contributed by atoms with E-state index in [9.17, 15) is 0 Å². The molecule has 6 atom stereocenters. The molecule has 0 nitrogen and oxygen atoms in total. The van der Waals surface area contributed by atoms with Gasteiger partial charge in [-0.3, -0.25) is 0 Å². The van der Waals surface area contributed by atoms with Crippen molar-refractivity contribution in [3.05, 3.63) is 0 Å². The molecule has 130 valence electrons. The summed E-state index contributed by atoms with van der Waals surface area (Å²) < 4.78 is 0. The molecular weight excluding hydrogens is 296 g/mol. The summed E-state index contributed by atoms with van der Waals surface area (Å²) in [6.07, 6.45) is 4.70. The van der Waals surface area contributed by atoms with E-state index in [1.54, 1.807) is 25.3 Å². The predicted molar refractivity (Wildman–Crippen MR) is 107 cm³/mol. The summed E-state index contributed by atoms with van der Waals surface area (Å²) >= 11 is 0. The van der Waals surface area contributed by atoms with Gasteiger partial charge in [0.2, 0.25) is 0 Å². The van der Waals surface area contributed by atoms with Gasteiger partial charge in [-0.05, 0) is 40.7 Å². The van der Waals surface area contributed by atoms with Crippen LogP contribution in [0.2, 0.25) is 49.9 Å². The molecule has 2 heteroatoms. The molecule has 0 aliphatic heterocycles. The first-order valence-electron chi connectivity index (χ1n) is 9.95. The van der Waals surface area contributed by atoms with Gasteiger partial charge in [-0.15, -0.1) is 0 Å². The van der Waals surface area contributed by atoms with Crippen molar-refractivity contribution in [3.8, 4) is 0 Å². The fraction of sp³-hybridized carbons (Fsp3) is 1.00. The minimum atomic E-state index is -1.15. The summed E-state index contributed by atoms with van der Waals surface area (Å²) in [5, 5.41) is 0. The van der Waals surface area contributed by atoms with E-state index in [1.165, 1.54) is 0 Å². The first-order valence-corrected chi connectivity index (χ1v) is 16.8. The average Bonchev–Trinajstić information content (AvgIpc) is 2.89. The Bertz CT molecular complexity index is 368. The SMILES string of the molecule is CC1C(C)C(C)C([Si](C)(C)C2CCC(C[Si](C)(C)C)C2)C1C. The summed E-state index contributed by atoms with van der Waals surface area (Å²) in [7, 11) is -2.02. The van der Waals surface area contributed by atoms with Gasteiger partial charge in [-0.25, -0.2) is 0 Å². The van der Waals surface area contributed by atoms with Crippen molar-refractivity contribution in [1.82, 2.24) is 0 Å². The highest BCUT2D eigenvalue weighted by Crippen LogP contribution is 2.59. The van der Waals surface area contributed by atoms with Crippen molar-refractivity contribution in [3.63, 3.8) is 0 Å². The van der Waals surface area contributed by atoms with Crippen LogP contribution in [0.15, 0.2) is 0 Å². The molecule has 0 aromatic rings. The summed E-state index contributed by atoms with van der Waals surface area (Å²) in [6.45, 7) is 23.4. The van der Waals surface area contributed by atoms with Crippen LogP contribution in [0.25, 0.3) is 0 Å². The van der Waals surface area contributed by atoms with Crippen molar-refractivity contribution < 1.29 is 0 Å². The molecule has 2 aliphatic carbocycles. The molecular formula is C20H42Si2. The molecule has 0 saturated heterocycles. The highest BCUT2D eigenvalue weighted by atomic mass is 28.3. The molecule has 0 spiro atoms. The van der Waals surface area contributed by atoms with Gasteiger partial charge >= 0.3 is 0 Å². The Hall–Kier alpha value is 0.434. The summed E-state index contributed by atoms with van der Waals surface area (Å²) in [6, 6.07) is 1.58. The third-order valence-corrected chi connectivity index (χ3v) is 15.2. The molecule has 0 radical (unpaired) electrons. The van der Waals surface area contributed by atoms with E-state index < -0.39 is 16.1 Å². The molecule has 0 aromatic heterocycles. The van der Waals surface area contributed by atoms with Crippen LogP contribution < -0.4 is 0 Å². The van der Waals surface area contributed by atoms with Gasteiger partial charge in [0.25, 0.3) is 0 Å². The molecule has 0 amide bonds. The minimum Gasteiger partial charge on any atom is -0.0695 e. The van der Waals surface area contributed by atoms with Crippen molar-refractivity contribution in [2.24, 2.45) is 29.6 Å². The van der Waals surface area contributed by atoms with E-state index in [0.29, 0.717) is 0 Å². The number of rotatable bonds is 4. The molecule has 6 unspecified atom stereocenters. The van der Waals surface area contributed by atoms with Crippen molar-refractivity contribution >= 4 is 16.1 Å². The second kappa shape index (κ2) is 6.39. The molecule has 0 aromatic carbocycles. The van der Waals surface area contributed by atoms with Gasteiger partial charge in [0.1, 0.15) is 0 Å². The summed E-state index contributed by atoms with van der Waals surface area (Å²) in [4.78, 5) is 0. The van der Waals surface area contributed by atoms with Crippen molar-refractivity contribution in [1.29, 1.82) is 0 Å². The highest BCUT2D eigenvalue weighted by Gasteiger charge is 2.52. The minimum absolute atomic E-state index is 0.876. The Kier molecular flexibility index (Phi) is 5.45. The van der Waals surface area contributed by atoms with Crippen molar-refractivity contribution in [2.75, 3.05) is 0 Å². The van der Waals surface area contributed by atoms with Crippen LogP contribution in [-0.2, 0) is 0 Å². The zero-order valence-electron chi connectivity index (χ0n) is 16.9. The van der Waals surface area contributed by atoms with E-state index in [-0.39, 0.29) is 0 Å². The van der Waals surface area contributed by atoms with Crippen LogP contribution in [-0.4, -0.2) is 16.1 Å². The maximum atomic E-state index is 2.76. The Morgan fingerprint density at radius 3 is 1.68 bits per heavy atom. The first kappa shape index (κ1) is 18.8. The molecule has 2 rings (SSSR count). The standard InChI is InChI=1S/C20H42Si2/c1-14-15(2)17(4)20(16(14)3)22(8,9)19-11-10-18(12-19)13-21(5,6)7/h14-20H,10-13H2,1-9H3. The predicted octanol–water partition coefficient (Wildman–Crippen LogP) is 7.13. The molecule has 2 fully saturated rings. The second-order valence-electron chi connectivity index (χ2n) is 10.9. The normalized spacial score (nSPS) is 43.8. The summed E-state index contributed by atoms with van der Waals surface area (Å²) in [5.41, 5.74) is 2.18. The van der Waals surface area contributed by atoms with Crippen molar-refractivity contribution in [2.45, 2.75) is 96.8 Å². The quantitative estimate of drug-likeness (QED) is 0.478. The van der Waals surface area contributed by atoms with Gasteiger partial charge in [0, 0.05) is 8.07 Å². The molecule has 2 saturated carbocycles. The lowest BCUT2D eigenvalue weighted by Crippen LogP contribution is -2.41. The Labute approximate surface area is 142 Å². The fourth-order valence-corrected chi connectivity index (χ4v) is 14.3. The highest BCUT2D eigenvalue weighted by molar-refractivity contribution is 6.80. The smallest absolute Gasteiger partial charge is 0.0541 e. The van der Waals surface area contributed by atoms with E-state index in [2.05, 4.69) is 60.4 Å². The van der Waals surface area contributed by atoms with Crippen LogP contribution in [0.4, 0.5) is 0 Å². The molecule has 22 heavy (non-hydrogen) atoms. The lowest BCUT2D eigenvalue weighted by molar-refractivity contribution is 0.352. The van der Waals surface area contributed by atoms with Gasteiger partial charge in [0.15, 0.2) is 0 Å².